The molecule has 9 heteroatoms. The molecule has 0 aromatic heterocycles. The summed E-state index contributed by atoms with van der Waals surface area (Å²) in [4.78, 5) is 14.2. The van der Waals surface area contributed by atoms with Crippen LogP contribution in [0.3, 0.4) is 0 Å². The SMILES string of the molecule is CN(CNc1cccc(S(=O)(=O)N2CCOCC2)c1)C(=O)c1ccc(N)cc1. The molecule has 0 bridgehead atoms. The van der Waals surface area contributed by atoms with Crippen molar-refractivity contribution in [3.8, 4) is 0 Å². The highest BCUT2D eigenvalue weighted by Gasteiger charge is 2.26. The van der Waals surface area contributed by atoms with E-state index < -0.39 is 10.0 Å². The lowest BCUT2D eigenvalue weighted by atomic mass is 10.2. The van der Waals surface area contributed by atoms with Crippen LogP contribution in [0.4, 0.5) is 11.4 Å². The summed E-state index contributed by atoms with van der Waals surface area (Å²) >= 11 is 0. The van der Waals surface area contributed by atoms with Crippen molar-refractivity contribution in [2.45, 2.75) is 4.90 Å². The maximum atomic E-state index is 12.8. The first-order valence-corrected chi connectivity index (χ1v) is 10.3. The second kappa shape index (κ2) is 8.59. The van der Waals surface area contributed by atoms with Gasteiger partial charge in [0.05, 0.1) is 24.8 Å². The number of sulfonamides is 1. The molecule has 3 N–H and O–H groups in total. The smallest absolute Gasteiger partial charge is 0.255 e. The number of morpholine rings is 1. The summed E-state index contributed by atoms with van der Waals surface area (Å²) in [6, 6.07) is 13.3. The summed E-state index contributed by atoms with van der Waals surface area (Å²) in [5, 5.41) is 3.09. The van der Waals surface area contributed by atoms with Crippen LogP contribution in [0.15, 0.2) is 53.4 Å². The van der Waals surface area contributed by atoms with E-state index in [9.17, 15) is 13.2 Å². The summed E-state index contributed by atoms with van der Waals surface area (Å²) in [5.41, 5.74) is 7.38. The van der Waals surface area contributed by atoms with Crippen LogP contribution in [0, 0.1) is 0 Å². The average molecular weight is 404 g/mol. The number of benzene rings is 2. The Morgan fingerprint density at radius 2 is 1.86 bits per heavy atom. The maximum absolute atomic E-state index is 12.8. The lowest BCUT2D eigenvalue weighted by Gasteiger charge is -2.26. The Labute approximate surface area is 164 Å². The first kappa shape index (κ1) is 20.1. The second-order valence-electron chi connectivity index (χ2n) is 6.50. The van der Waals surface area contributed by atoms with Gasteiger partial charge in [-0.25, -0.2) is 8.42 Å². The number of rotatable bonds is 6. The van der Waals surface area contributed by atoms with Gasteiger partial charge in [0.1, 0.15) is 0 Å². The first-order chi connectivity index (χ1) is 13.4. The molecular weight excluding hydrogens is 380 g/mol. The van der Waals surface area contributed by atoms with E-state index in [0.717, 1.165) is 0 Å². The molecule has 1 amide bonds. The topological polar surface area (TPSA) is 105 Å². The summed E-state index contributed by atoms with van der Waals surface area (Å²) in [7, 11) is -1.90. The quantitative estimate of drug-likeness (QED) is 0.557. The number of nitrogen functional groups attached to an aromatic ring is 1. The van der Waals surface area contributed by atoms with Gasteiger partial charge in [0.25, 0.3) is 5.91 Å². The fourth-order valence-corrected chi connectivity index (χ4v) is 4.28. The van der Waals surface area contributed by atoms with Gasteiger partial charge in [-0.15, -0.1) is 0 Å². The summed E-state index contributed by atoms with van der Waals surface area (Å²) in [6.45, 7) is 1.71. The third kappa shape index (κ3) is 4.61. The number of hydrogen-bond donors (Lipinski definition) is 2. The first-order valence-electron chi connectivity index (χ1n) is 8.91. The van der Waals surface area contributed by atoms with Crippen molar-refractivity contribution in [1.82, 2.24) is 9.21 Å². The highest BCUT2D eigenvalue weighted by atomic mass is 32.2. The van der Waals surface area contributed by atoms with E-state index in [1.54, 1.807) is 55.6 Å². The van der Waals surface area contributed by atoms with Crippen LogP contribution >= 0.6 is 0 Å². The van der Waals surface area contributed by atoms with Gasteiger partial charge in [0.15, 0.2) is 0 Å². The lowest BCUT2D eigenvalue weighted by molar-refractivity contribution is 0.0730. The third-order valence-corrected chi connectivity index (χ3v) is 6.36. The molecule has 1 aliphatic rings. The predicted molar refractivity (Wildman–Crippen MR) is 107 cm³/mol. The molecule has 1 saturated heterocycles. The average Bonchev–Trinajstić information content (AvgIpc) is 2.73. The molecule has 0 spiro atoms. The lowest BCUT2D eigenvalue weighted by Crippen LogP contribution is -2.40. The minimum atomic E-state index is -3.57. The Morgan fingerprint density at radius 3 is 2.54 bits per heavy atom. The van der Waals surface area contributed by atoms with Crippen LogP contribution in [0.5, 0.6) is 0 Å². The standard InChI is InChI=1S/C19H24N4O4S/c1-22(19(24)15-5-7-16(20)8-6-15)14-21-17-3-2-4-18(13-17)28(25,26)23-9-11-27-12-10-23/h2-8,13,21H,9-12,14,20H2,1H3. The summed E-state index contributed by atoms with van der Waals surface area (Å²) < 4.78 is 32.2. The number of nitrogens with zero attached hydrogens (tertiary/aromatic N) is 2. The number of hydrogen-bond acceptors (Lipinski definition) is 6. The van der Waals surface area contributed by atoms with Crippen molar-refractivity contribution in [3.05, 3.63) is 54.1 Å². The van der Waals surface area contributed by atoms with Crippen LogP contribution < -0.4 is 11.1 Å². The number of nitrogens with one attached hydrogen (secondary N) is 1. The Bertz CT molecular complexity index is 925. The maximum Gasteiger partial charge on any atom is 0.255 e. The molecule has 0 aliphatic carbocycles. The number of ether oxygens (including phenoxy) is 1. The molecule has 28 heavy (non-hydrogen) atoms. The molecule has 1 fully saturated rings. The molecule has 8 nitrogen and oxygen atoms in total. The predicted octanol–water partition coefficient (Wildman–Crippen LogP) is 1.43. The Balaban J connectivity index is 1.65. The number of nitrogens with two attached hydrogens (primary N) is 1. The number of amides is 1. The zero-order valence-corrected chi connectivity index (χ0v) is 16.5. The fourth-order valence-electron chi connectivity index (χ4n) is 2.83. The number of carbonyl (C=O) groups excluding carboxylic acids is 1. The number of anilines is 2. The van der Waals surface area contributed by atoms with Gasteiger partial charge in [-0.3, -0.25) is 4.79 Å². The van der Waals surface area contributed by atoms with E-state index in [0.29, 0.717) is 43.2 Å². The van der Waals surface area contributed by atoms with Crippen LogP contribution in [-0.4, -0.2) is 63.5 Å². The molecule has 2 aromatic rings. The van der Waals surface area contributed by atoms with Gasteiger partial charge in [-0.1, -0.05) is 6.07 Å². The van der Waals surface area contributed by atoms with Gasteiger partial charge in [0.2, 0.25) is 10.0 Å². The third-order valence-electron chi connectivity index (χ3n) is 4.47. The van der Waals surface area contributed by atoms with Crippen LogP contribution in [0.1, 0.15) is 10.4 Å². The van der Waals surface area contributed by atoms with Crippen LogP contribution in [0.25, 0.3) is 0 Å². The van der Waals surface area contributed by atoms with Crippen molar-refractivity contribution in [2.75, 3.05) is 51.1 Å². The molecule has 0 atom stereocenters. The summed E-state index contributed by atoms with van der Waals surface area (Å²) in [5.74, 6) is -0.162. The Kier molecular flexibility index (Phi) is 6.18. The van der Waals surface area contributed by atoms with Crippen molar-refractivity contribution in [3.63, 3.8) is 0 Å². The monoisotopic (exact) mass is 404 g/mol. The largest absolute Gasteiger partial charge is 0.399 e. The van der Waals surface area contributed by atoms with Gasteiger partial charge in [0, 0.05) is 37.1 Å². The zero-order chi connectivity index (χ0) is 20.1. The minimum Gasteiger partial charge on any atom is -0.399 e. The number of carbonyl (C=O) groups is 1. The van der Waals surface area contributed by atoms with E-state index in [4.69, 9.17) is 10.5 Å². The van der Waals surface area contributed by atoms with Crippen molar-refractivity contribution in [2.24, 2.45) is 0 Å². The van der Waals surface area contributed by atoms with Crippen LogP contribution in [-0.2, 0) is 14.8 Å². The molecule has 2 aromatic carbocycles. The van der Waals surface area contributed by atoms with E-state index in [1.165, 1.54) is 9.21 Å². The molecule has 0 saturated carbocycles. The van der Waals surface area contributed by atoms with Gasteiger partial charge in [-0.2, -0.15) is 4.31 Å². The van der Waals surface area contributed by atoms with Gasteiger partial charge >= 0.3 is 0 Å². The van der Waals surface area contributed by atoms with E-state index in [-0.39, 0.29) is 17.5 Å². The molecule has 0 radical (unpaired) electrons. The van der Waals surface area contributed by atoms with E-state index in [2.05, 4.69) is 5.32 Å². The molecule has 150 valence electrons. The molecule has 3 rings (SSSR count). The molecule has 0 unspecified atom stereocenters. The highest BCUT2D eigenvalue weighted by molar-refractivity contribution is 7.89. The van der Waals surface area contributed by atoms with E-state index >= 15 is 0 Å². The second-order valence-corrected chi connectivity index (χ2v) is 8.44. The molecule has 1 heterocycles. The normalized spacial score (nSPS) is 15.2. The zero-order valence-electron chi connectivity index (χ0n) is 15.7. The fraction of sp³-hybridized carbons (Fsp3) is 0.316. The van der Waals surface area contributed by atoms with Gasteiger partial charge in [-0.05, 0) is 42.5 Å². The van der Waals surface area contributed by atoms with Crippen LogP contribution in [0.2, 0.25) is 0 Å². The Hall–Kier alpha value is -2.62. The Morgan fingerprint density at radius 1 is 1.18 bits per heavy atom. The van der Waals surface area contributed by atoms with Crippen molar-refractivity contribution < 1.29 is 17.9 Å². The van der Waals surface area contributed by atoms with Crippen molar-refractivity contribution in [1.29, 1.82) is 0 Å². The minimum absolute atomic E-state index is 0.162. The van der Waals surface area contributed by atoms with Crippen molar-refractivity contribution >= 4 is 27.3 Å². The molecular formula is C19H24N4O4S. The van der Waals surface area contributed by atoms with Gasteiger partial charge < -0.3 is 20.7 Å². The molecule has 1 aliphatic heterocycles. The highest BCUT2D eigenvalue weighted by Crippen LogP contribution is 2.20. The summed E-state index contributed by atoms with van der Waals surface area (Å²) in [6.07, 6.45) is 0. The van der Waals surface area contributed by atoms with E-state index in [1.807, 2.05) is 0 Å².